The molecule has 1 aliphatic carbocycles. The van der Waals surface area contributed by atoms with Crippen molar-refractivity contribution in [2.24, 2.45) is 0 Å². The van der Waals surface area contributed by atoms with E-state index in [0.29, 0.717) is 12.0 Å². The monoisotopic (exact) mass is 468 g/mol. The van der Waals surface area contributed by atoms with Crippen LogP contribution in [0.5, 0.6) is 0 Å². The summed E-state index contributed by atoms with van der Waals surface area (Å²) in [4.78, 5) is 7.55. The SMILES string of the molecule is C1=CC2c3ccccc3N(c3ccc(-c4nc5c(ccc6oc7ccccc7c65)s4)cc3)C2C=C1. The van der Waals surface area contributed by atoms with Gasteiger partial charge in [-0.25, -0.2) is 4.98 Å². The van der Waals surface area contributed by atoms with Crippen LogP contribution in [0.3, 0.4) is 0 Å². The highest BCUT2D eigenvalue weighted by atomic mass is 32.1. The summed E-state index contributed by atoms with van der Waals surface area (Å²) in [5.74, 6) is 0.396. The lowest BCUT2D eigenvalue weighted by Crippen LogP contribution is -2.28. The van der Waals surface area contributed by atoms with Gasteiger partial charge in [-0.2, -0.15) is 0 Å². The van der Waals surface area contributed by atoms with E-state index in [9.17, 15) is 0 Å². The Morgan fingerprint density at radius 3 is 2.54 bits per heavy atom. The Kier molecular flexibility index (Phi) is 3.93. The smallest absolute Gasteiger partial charge is 0.137 e. The summed E-state index contributed by atoms with van der Waals surface area (Å²) in [5, 5.41) is 3.26. The minimum Gasteiger partial charge on any atom is -0.456 e. The molecule has 0 fully saturated rings. The molecule has 4 aromatic carbocycles. The standard InChI is InChI=1S/C31H20N2OS/c1-4-10-24-21(7-1)22-8-2-5-11-25(22)33(24)20-15-13-19(14-16-20)31-32-30-28(35-31)18-17-27-29(30)23-9-3-6-12-26(23)34-27/h1-18,21,24H. The molecule has 0 saturated carbocycles. The molecular weight excluding hydrogens is 448 g/mol. The maximum absolute atomic E-state index is 6.07. The highest BCUT2D eigenvalue weighted by molar-refractivity contribution is 7.21. The molecule has 6 aromatic rings. The fourth-order valence-corrected chi connectivity index (χ4v) is 6.66. The van der Waals surface area contributed by atoms with Crippen LogP contribution in [0.15, 0.2) is 114 Å². The molecule has 0 radical (unpaired) electrons. The molecular formula is C31H20N2OS. The van der Waals surface area contributed by atoms with E-state index in [0.717, 1.165) is 38.0 Å². The van der Waals surface area contributed by atoms with E-state index in [1.807, 2.05) is 12.1 Å². The van der Waals surface area contributed by atoms with E-state index in [1.54, 1.807) is 11.3 Å². The molecule has 0 spiro atoms. The molecule has 0 saturated heterocycles. The Labute approximate surface area is 206 Å². The molecule has 1 aliphatic heterocycles. The van der Waals surface area contributed by atoms with E-state index >= 15 is 0 Å². The quantitative estimate of drug-likeness (QED) is 0.255. The molecule has 2 aromatic heterocycles. The first-order valence-electron chi connectivity index (χ1n) is 11.9. The third kappa shape index (κ3) is 2.74. The van der Waals surface area contributed by atoms with Crippen molar-refractivity contribution < 1.29 is 4.42 Å². The van der Waals surface area contributed by atoms with Crippen molar-refractivity contribution >= 4 is 54.9 Å². The topological polar surface area (TPSA) is 29.3 Å². The second-order valence-electron chi connectivity index (χ2n) is 9.16. The van der Waals surface area contributed by atoms with Crippen molar-refractivity contribution in [3.05, 3.63) is 115 Å². The van der Waals surface area contributed by atoms with E-state index in [4.69, 9.17) is 9.40 Å². The number of para-hydroxylation sites is 2. The largest absolute Gasteiger partial charge is 0.456 e. The number of nitrogens with zero attached hydrogens (tertiary/aromatic N) is 2. The highest BCUT2D eigenvalue weighted by Crippen LogP contribution is 2.48. The summed E-state index contributed by atoms with van der Waals surface area (Å²) >= 11 is 1.74. The first-order chi connectivity index (χ1) is 17.3. The summed E-state index contributed by atoms with van der Waals surface area (Å²) in [6, 6.07) is 30.3. The molecule has 3 heterocycles. The van der Waals surface area contributed by atoms with Gasteiger partial charge in [-0.3, -0.25) is 0 Å². The van der Waals surface area contributed by atoms with Crippen molar-refractivity contribution in [3.63, 3.8) is 0 Å². The average molecular weight is 469 g/mol. The number of allylic oxidation sites excluding steroid dienone is 2. The summed E-state index contributed by atoms with van der Waals surface area (Å²) in [5.41, 5.74) is 7.85. The highest BCUT2D eigenvalue weighted by Gasteiger charge is 2.36. The van der Waals surface area contributed by atoms with Crippen molar-refractivity contribution in [1.82, 2.24) is 4.98 Å². The number of rotatable bonds is 2. The molecule has 2 unspecified atom stereocenters. The minimum atomic E-state index is 0.313. The van der Waals surface area contributed by atoms with Gasteiger partial charge in [-0.15, -0.1) is 11.3 Å². The van der Waals surface area contributed by atoms with Gasteiger partial charge in [0.2, 0.25) is 0 Å². The van der Waals surface area contributed by atoms with Gasteiger partial charge >= 0.3 is 0 Å². The van der Waals surface area contributed by atoms with Gasteiger partial charge in [0.25, 0.3) is 0 Å². The van der Waals surface area contributed by atoms with Crippen LogP contribution < -0.4 is 4.90 Å². The van der Waals surface area contributed by atoms with Gasteiger partial charge in [0, 0.05) is 28.2 Å². The number of thiazole rings is 1. The van der Waals surface area contributed by atoms with Gasteiger partial charge < -0.3 is 9.32 Å². The van der Waals surface area contributed by atoms with Crippen LogP contribution in [0.1, 0.15) is 11.5 Å². The molecule has 0 amide bonds. The van der Waals surface area contributed by atoms with Crippen LogP contribution in [0.25, 0.3) is 42.7 Å². The Bertz CT molecular complexity index is 1820. The van der Waals surface area contributed by atoms with Crippen molar-refractivity contribution in [3.8, 4) is 10.6 Å². The molecule has 0 N–H and O–H groups in total. The van der Waals surface area contributed by atoms with Crippen LogP contribution >= 0.6 is 11.3 Å². The van der Waals surface area contributed by atoms with Crippen LogP contribution in [0, 0.1) is 0 Å². The number of anilines is 2. The van der Waals surface area contributed by atoms with Gasteiger partial charge in [0.1, 0.15) is 16.2 Å². The number of fused-ring (bicyclic) bond motifs is 8. The summed E-state index contributed by atoms with van der Waals surface area (Å²) in [6.07, 6.45) is 8.96. The first-order valence-corrected chi connectivity index (χ1v) is 12.7. The van der Waals surface area contributed by atoms with Gasteiger partial charge in [0.05, 0.1) is 21.6 Å². The van der Waals surface area contributed by atoms with E-state index in [-0.39, 0.29) is 0 Å². The maximum Gasteiger partial charge on any atom is 0.137 e. The van der Waals surface area contributed by atoms with E-state index in [2.05, 4.69) is 102 Å². The second kappa shape index (κ2) is 7.17. The zero-order valence-electron chi connectivity index (χ0n) is 18.8. The lowest BCUT2D eigenvalue weighted by atomic mass is 9.91. The van der Waals surface area contributed by atoms with Crippen LogP contribution in [0.4, 0.5) is 11.4 Å². The van der Waals surface area contributed by atoms with Crippen LogP contribution in [-0.4, -0.2) is 11.0 Å². The molecule has 35 heavy (non-hydrogen) atoms. The number of hydrogen-bond donors (Lipinski definition) is 0. The second-order valence-corrected chi connectivity index (χ2v) is 10.2. The molecule has 8 rings (SSSR count). The number of furan rings is 1. The maximum atomic E-state index is 6.07. The predicted octanol–water partition coefficient (Wildman–Crippen LogP) is 8.59. The summed E-state index contributed by atoms with van der Waals surface area (Å²) in [6.45, 7) is 0. The number of benzene rings is 4. The minimum absolute atomic E-state index is 0.313. The van der Waals surface area contributed by atoms with Gasteiger partial charge in [-0.05, 0) is 54.1 Å². The van der Waals surface area contributed by atoms with E-state index in [1.165, 1.54) is 21.6 Å². The molecule has 2 aliphatic rings. The summed E-state index contributed by atoms with van der Waals surface area (Å²) < 4.78 is 7.25. The third-order valence-electron chi connectivity index (χ3n) is 7.25. The first kappa shape index (κ1) is 19.2. The fourth-order valence-electron chi connectivity index (χ4n) is 5.68. The predicted molar refractivity (Wildman–Crippen MR) is 146 cm³/mol. The Hall–Kier alpha value is -4.15. The van der Waals surface area contributed by atoms with Crippen molar-refractivity contribution in [2.75, 3.05) is 4.90 Å². The molecule has 4 heteroatoms. The van der Waals surface area contributed by atoms with Gasteiger partial charge in [-0.1, -0.05) is 60.7 Å². The normalized spacial score (nSPS) is 18.6. The van der Waals surface area contributed by atoms with Crippen LogP contribution in [0.2, 0.25) is 0 Å². The number of hydrogen-bond acceptors (Lipinski definition) is 4. The number of aromatic nitrogens is 1. The Balaban J connectivity index is 1.22. The van der Waals surface area contributed by atoms with Crippen molar-refractivity contribution in [2.45, 2.75) is 12.0 Å². The lowest BCUT2D eigenvalue weighted by Gasteiger charge is -2.28. The summed E-state index contributed by atoms with van der Waals surface area (Å²) in [7, 11) is 0. The van der Waals surface area contributed by atoms with Crippen molar-refractivity contribution in [1.29, 1.82) is 0 Å². The van der Waals surface area contributed by atoms with E-state index < -0.39 is 0 Å². The van der Waals surface area contributed by atoms with Gasteiger partial charge in [0.15, 0.2) is 0 Å². The zero-order valence-corrected chi connectivity index (χ0v) is 19.6. The Morgan fingerprint density at radius 2 is 1.60 bits per heavy atom. The Morgan fingerprint density at radius 1 is 0.771 bits per heavy atom. The fraction of sp³-hybridized carbons (Fsp3) is 0.0645. The zero-order chi connectivity index (χ0) is 22.9. The average Bonchev–Trinajstić information content (AvgIpc) is 3.60. The molecule has 2 atom stereocenters. The third-order valence-corrected chi connectivity index (χ3v) is 8.32. The molecule has 166 valence electrons. The van der Waals surface area contributed by atoms with Crippen LogP contribution in [-0.2, 0) is 0 Å². The molecule has 0 bridgehead atoms. The molecule has 3 nitrogen and oxygen atoms in total. The lowest BCUT2D eigenvalue weighted by molar-refractivity contribution is 0.669.